The summed E-state index contributed by atoms with van der Waals surface area (Å²) in [6.45, 7) is 3.54. The number of carbonyl (C=O) groups is 1. The molecule has 0 spiro atoms. The van der Waals surface area contributed by atoms with Crippen molar-refractivity contribution >= 4 is 23.1 Å². The van der Waals surface area contributed by atoms with Crippen LogP contribution in [0.3, 0.4) is 0 Å². The molecule has 23 heavy (non-hydrogen) atoms. The zero-order valence-electron chi connectivity index (χ0n) is 12.6. The van der Waals surface area contributed by atoms with Crippen molar-refractivity contribution in [2.75, 3.05) is 10.6 Å². The Kier molecular flexibility index (Phi) is 4.88. The van der Waals surface area contributed by atoms with Crippen LogP contribution < -0.4 is 10.6 Å². The maximum Gasteiger partial charge on any atom is 0.416 e. The van der Waals surface area contributed by atoms with Gasteiger partial charge in [-0.1, -0.05) is 19.9 Å². The monoisotopic (exact) mass is 323 g/mol. The van der Waals surface area contributed by atoms with E-state index < -0.39 is 11.7 Å². The molecule has 1 aromatic heterocycles. The van der Waals surface area contributed by atoms with E-state index in [9.17, 15) is 18.0 Å². The van der Waals surface area contributed by atoms with Crippen molar-refractivity contribution < 1.29 is 18.0 Å². The lowest BCUT2D eigenvalue weighted by Crippen LogP contribution is -2.17. The Morgan fingerprint density at radius 1 is 1.13 bits per heavy atom. The van der Waals surface area contributed by atoms with E-state index in [1.54, 1.807) is 26.0 Å². The number of anilines is 3. The van der Waals surface area contributed by atoms with Crippen LogP contribution in [0.4, 0.5) is 30.4 Å². The lowest BCUT2D eigenvalue weighted by Gasteiger charge is -2.11. The van der Waals surface area contributed by atoms with Gasteiger partial charge in [0.05, 0.1) is 17.4 Å². The fourth-order valence-electron chi connectivity index (χ4n) is 1.75. The van der Waals surface area contributed by atoms with Gasteiger partial charge in [0, 0.05) is 11.6 Å². The molecule has 7 heteroatoms. The molecule has 1 heterocycles. The smallest absolute Gasteiger partial charge is 0.340 e. The molecule has 0 bridgehead atoms. The highest BCUT2D eigenvalue weighted by Gasteiger charge is 2.30. The molecule has 0 aliphatic rings. The second kappa shape index (κ2) is 6.68. The summed E-state index contributed by atoms with van der Waals surface area (Å²) in [4.78, 5) is 15.6. The van der Waals surface area contributed by atoms with Crippen LogP contribution in [0.5, 0.6) is 0 Å². The first kappa shape index (κ1) is 16.8. The molecule has 0 saturated carbocycles. The standard InChI is InChI=1S/C16H16F3N3O/c1-10(2)15(23)22-13-6-7-14(20-9-13)21-12-5-3-4-11(8-12)16(17,18)19/h3-10H,1-2H3,(H,20,21)(H,22,23). The van der Waals surface area contributed by atoms with E-state index in [0.29, 0.717) is 11.5 Å². The van der Waals surface area contributed by atoms with Gasteiger partial charge in [0.25, 0.3) is 0 Å². The molecule has 0 radical (unpaired) electrons. The number of hydrogen-bond donors (Lipinski definition) is 2. The van der Waals surface area contributed by atoms with Crippen molar-refractivity contribution in [1.82, 2.24) is 4.98 Å². The van der Waals surface area contributed by atoms with Gasteiger partial charge in [-0.2, -0.15) is 13.2 Å². The largest absolute Gasteiger partial charge is 0.416 e. The molecule has 2 rings (SSSR count). The highest BCUT2D eigenvalue weighted by molar-refractivity contribution is 5.91. The normalized spacial score (nSPS) is 11.4. The van der Waals surface area contributed by atoms with E-state index in [2.05, 4.69) is 15.6 Å². The number of amides is 1. The molecular weight excluding hydrogens is 307 g/mol. The van der Waals surface area contributed by atoms with Crippen molar-refractivity contribution in [3.63, 3.8) is 0 Å². The molecule has 0 aliphatic heterocycles. The van der Waals surface area contributed by atoms with Gasteiger partial charge in [-0.15, -0.1) is 0 Å². The fraction of sp³-hybridized carbons (Fsp3) is 0.250. The van der Waals surface area contributed by atoms with E-state index >= 15 is 0 Å². The molecule has 2 N–H and O–H groups in total. The number of hydrogen-bond acceptors (Lipinski definition) is 3. The van der Waals surface area contributed by atoms with E-state index in [0.717, 1.165) is 12.1 Å². The molecule has 2 aromatic rings. The predicted molar refractivity (Wildman–Crippen MR) is 82.4 cm³/mol. The minimum atomic E-state index is -4.39. The molecule has 1 amide bonds. The Morgan fingerprint density at radius 2 is 1.87 bits per heavy atom. The average molecular weight is 323 g/mol. The van der Waals surface area contributed by atoms with Crippen LogP contribution in [0.2, 0.25) is 0 Å². The first-order valence-electron chi connectivity index (χ1n) is 6.97. The number of pyridine rings is 1. The van der Waals surface area contributed by atoms with Gasteiger partial charge >= 0.3 is 6.18 Å². The van der Waals surface area contributed by atoms with Crippen LogP contribution in [0, 0.1) is 5.92 Å². The minimum absolute atomic E-state index is 0.134. The molecular formula is C16H16F3N3O. The average Bonchev–Trinajstić information content (AvgIpc) is 2.48. The molecule has 0 unspecified atom stereocenters. The van der Waals surface area contributed by atoms with Gasteiger partial charge < -0.3 is 10.6 Å². The molecule has 4 nitrogen and oxygen atoms in total. The zero-order chi connectivity index (χ0) is 17.0. The first-order valence-corrected chi connectivity index (χ1v) is 6.97. The number of nitrogens with zero attached hydrogens (tertiary/aromatic N) is 1. The Bertz CT molecular complexity index is 682. The Labute approximate surface area is 131 Å². The second-order valence-corrected chi connectivity index (χ2v) is 5.28. The van der Waals surface area contributed by atoms with Crippen molar-refractivity contribution in [2.45, 2.75) is 20.0 Å². The maximum absolute atomic E-state index is 12.7. The molecule has 0 saturated heterocycles. The van der Waals surface area contributed by atoms with E-state index in [4.69, 9.17) is 0 Å². The maximum atomic E-state index is 12.7. The summed E-state index contributed by atoms with van der Waals surface area (Å²) < 4.78 is 38.0. The topological polar surface area (TPSA) is 54.0 Å². The van der Waals surface area contributed by atoms with Crippen LogP contribution in [0.25, 0.3) is 0 Å². The summed E-state index contributed by atoms with van der Waals surface area (Å²) in [6.07, 6.45) is -2.95. The number of carbonyl (C=O) groups excluding carboxylic acids is 1. The van der Waals surface area contributed by atoms with Crippen molar-refractivity contribution in [3.8, 4) is 0 Å². The lowest BCUT2D eigenvalue weighted by molar-refractivity contribution is -0.137. The van der Waals surface area contributed by atoms with Crippen LogP contribution in [-0.4, -0.2) is 10.9 Å². The summed E-state index contributed by atoms with van der Waals surface area (Å²) in [5.41, 5.74) is 0.0768. The molecule has 122 valence electrons. The fourth-order valence-corrected chi connectivity index (χ4v) is 1.75. The van der Waals surface area contributed by atoms with Crippen LogP contribution in [0.1, 0.15) is 19.4 Å². The van der Waals surface area contributed by atoms with Gasteiger partial charge in [0.15, 0.2) is 0 Å². The third-order valence-electron chi connectivity index (χ3n) is 3.02. The quantitative estimate of drug-likeness (QED) is 0.874. The zero-order valence-corrected chi connectivity index (χ0v) is 12.6. The van der Waals surface area contributed by atoms with Crippen LogP contribution >= 0.6 is 0 Å². The lowest BCUT2D eigenvalue weighted by atomic mass is 10.2. The van der Waals surface area contributed by atoms with Crippen LogP contribution in [-0.2, 0) is 11.0 Å². The van der Waals surface area contributed by atoms with E-state index in [1.807, 2.05) is 0 Å². The highest BCUT2D eigenvalue weighted by Crippen LogP contribution is 2.31. The summed E-state index contributed by atoms with van der Waals surface area (Å²) in [7, 11) is 0. The number of aromatic nitrogens is 1. The molecule has 1 aromatic carbocycles. The summed E-state index contributed by atoms with van der Waals surface area (Å²) in [5.74, 6) is 0.0927. The second-order valence-electron chi connectivity index (χ2n) is 5.28. The van der Waals surface area contributed by atoms with Crippen molar-refractivity contribution in [2.24, 2.45) is 5.92 Å². The first-order chi connectivity index (χ1) is 10.8. The number of nitrogens with one attached hydrogen (secondary N) is 2. The molecule has 0 atom stereocenters. The van der Waals surface area contributed by atoms with E-state index in [1.165, 1.54) is 18.3 Å². The molecule has 0 fully saturated rings. The molecule has 0 aliphatic carbocycles. The SMILES string of the molecule is CC(C)C(=O)Nc1ccc(Nc2cccc(C(F)(F)F)c2)nc1. The van der Waals surface area contributed by atoms with Crippen molar-refractivity contribution in [1.29, 1.82) is 0 Å². The van der Waals surface area contributed by atoms with Crippen LogP contribution in [0.15, 0.2) is 42.6 Å². The van der Waals surface area contributed by atoms with Gasteiger partial charge in [0.1, 0.15) is 5.82 Å². The predicted octanol–water partition coefficient (Wildman–Crippen LogP) is 4.44. The van der Waals surface area contributed by atoms with Gasteiger partial charge in [0.2, 0.25) is 5.91 Å². The number of halogens is 3. The Hall–Kier alpha value is -2.57. The number of benzene rings is 1. The van der Waals surface area contributed by atoms with E-state index in [-0.39, 0.29) is 17.5 Å². The third-order valence-corrected chi connectivity index (χ3v) is 3.02. The Balaban J connectivity index is 2.08. The van der Waals surface area contributed by atoms with Crippen molar-refractivity contribution in [3.05, 3.63) is 48.2 Å². The van der Waals surface area contributed by atoms with Gasteiger partial charge in [-0.05, 0) is 30.3 Å². The highest BCUT2D eigenvalue weighted by atomic mass is 19.4. The van der Waals surface area contributed by atoms with Gasteiger partial charge in [-0.3, -0.25) is 4.79 Å². The Morgan fingerprint density at radius 3 is 2.43 bits per heavy atom. The van der Waals surface area contributed by atoms with Gasteiger partial charge in [-0.25, -0.2) is 4.98 Å². The third kappa shape index (κ3) is 4.70. The summed E-state index contributed by atoms with van der Waals surface area (Å²) >= 11 is 0. The summed E-state index contributed by atoms with van der Waals surface area (Å²) in [5, 5.41) is 5.48. The number of rotatable bonds is 4. The summed E-state index contributed by atoms with van der Waals surface area (Å²) in [6, 6.07) is 8.06. The number of alkyl halides is 3. The minimum Gasteiger partial charge on any atom is -0.340 e.